The number of rotatable bonds is 3. The molecule has 0 spiro atoms. The monoisotopic (exact) mass is 240 g/mol. The quantitative estimate of drug-likeness (QED) is 0.639. The molecule has 0 aliphatic rings. The van der Waals surface area contributed by atoms with Gasteiger partial charge in [-0.15, -0.1) is 0 Å². The molecule has 0 fully saturated rings. The van der Waals surface area contributed by atoms with Crippen LogP contribution >= 0.6 is 11.3 Å². The Bertz CT molecular complexity index is 451. The standard InChI is InChI=1S/C11H10F2N2S/c12-9-3-8(4-10(13)5-9)11(15-14)7-1-2-16-6-7/h1-6,11,15H,14H2. The predicted molar refractivity (Wildman–Crippen MR) is 59.8 cm³/mol. The minimum atomic E-state index is -0.606. The van der Waals surface area contributed by atoms with Gasteiger partial charge in [0.05, 0.1) is 6.04 Å². The van der Waals surface area contributed by atoms with E-state index in [0.29, 0.717) is 5.56 Å². The van der Waals surface area contributed by atoms with Crippen LogP contribution in [0.25, 0.3) is 0 Å². The first-order valence-electron chi connectivity index (χ1n) is 4.65. The molecule has 84 valence electrons. The Kier molecular flexibility index (Phi) is 3.28. The molecule has 1 heterocycles. The van der Waals surface area contributed by atoms with Crippen molar-refractivity contribution in [2.24, 2.45) is 5.84 Å². The Hall–Kier alpha value is -1.30. The zero-order valence-corrected chi connectivity index (χ0v) is 9.10. The van der Waals surface area contributed by atoms with Crippen molar-refractivity contribution in [1.82, 2.24) is 5.43 Å². The maximum Gasteiger partial charge on any atom is 0.126 e. The number of hydrogen-bond acceptors (Lipinski definition) is 3. The summed E-state index contributed by atoms with van der Waals surface area (Å²) in [7, 11) is 0. The predicted octanol–water partition coefficient (Wildman–Crippen LogP) is 2.58. The van der Waals surface area contributed by atoms with Crippen molar-refractivity contribution in [3.05, 3.63) is 57.8 Å². The minimum absolute atomic E-state index is 0.392. The fourth-order valence-electron chi connectivity index (χ4n) is 1.57. The summed E-state index contributed by atoms with van der Waals surface area (Å²) in [5.41, 5.74) is 3.91. The molecule has 2 aromatic rings. The summed E-state index contributed by atoms with van der Waals surface area (Å²) in [4.78, 5) is 0. The van der Waals surface area contributed by atoms with Crippen molar-refractivity contribution >= 4 is 11.3 Å². The second-order valence-corrected chi connectivity index (χ2v) is 4.14. The van der Waals surface area contributed by atoms with Crippen LogP contribution in [0.1, 0.15) is 17.2 Å². The van der Waals surface area contributed by atoms with Gasteiger partial charge in [-0.3, -0.25) is 5.84 Å². The first-order chi connectivity index (χ1) is 7.70. The van der Waals surface area contributed by atoms with E-state index in [4.69, 9.17) is 5.84 Å². The first-order valence-corrected chi connectivity index (χ1v) is 5.59. The molecule has 1 aromatic carbocycles. The summed E-state index contributed by atoms with van der Waals surface area (Å²) in [5.74, 6) is 4.19. The Morgan fingerprint density at radius 2 is 1.81 bits per heavy atom. The van der Waals surface area contributed by atoms with Crippen LogP contribution in [0, 0.1) is 11.6 Å². The lowest BCUT2D eigenvalue weighted by Crippen LogP contribution is -2.28. The zero-order valence-electron chi connectivity index (χ0n) is 8.28. The zero-order chi connectivity index (χ0) is 11.5. The van der Waals surface area contributed by atoms with Crippen molar-refractivity contribution in [1.29, 1.82) is 0 Å². The van der Waals surface area contributed by atoms with E-state index < -0.39 is 17.7 Å². The maximum absolute atomic E-state index is 13.1. The number of hydrogen-bond donors (Lipinski definition) is 2. The molecular weight excluding hydrogens is 230 g/mol. The number of thiophene rings is 1. The third kappa shape index (κ3) is 2.27. The highest BCUT2D eigenvalue weighted by Crippen LogP contribution is 2.24. The van der Waals surface area contributed by atoms with E-state index in [1.807, 2.05) is 16.8 Å². The molecule has 0 saturated carbocycles. The highest BCUT2D eigenvalue weighted by molar-refractivity contribution is 7.08. The molecule has 0 saturated heterocycles. The van der Waals surface area contributed by atoms with Crippen LogP contribution < -0.4 is 11.3 Å². The molecule has 2 rings (SSSR count). The van der Waals surface area contributed by atoms with Gasteiger partial charge in [0.2, 0.25) is 0 Å². The van der Waals surface area contributed by atoms with Gasteiger partial charge in [0.15, 0.2) is 0 Å². The normalized spacial score (nSPS) is 12.7. The molecule has 1 unspecified atom stereocenters. The van der Waals surface area contributed by atoms with E-state index >= 15 is 0 Å². The van der Waals surface area contributed by atoms with E-state index in [0.717, 1.165) is 11.6 Å². The molecule has 3 N–H and O–H groups in total. The van der Waals surface area contributed by atoms with Crippen LogP contribution in [0.3, 0.4) is 0 Å². The Balaban J connectivity index is 2.41. The molecule has 1 atom stereocenters. The van der Waals surface area contributed by atoms with Crippen molar-refractivity contribution < 1.29 is 8.78 Å². The van der Waals surface area contributed by atoms with Crippen LogP contribution in [0.2, 0.25) is 0 Å². The molecule has 0 amide bonds. The van der Waals surface area contributed by atoms with E-state index in [-0.39, 0.29) is 0 Å². The largest absolute Gasteiger partial charge is 0.271 e. The SMILES string of the molecule is NNC(c1ccsc1)c1cc(F)cc(F)c1. The fraction of sp³-hybridized carbons (Fsp3) is 0.0909. The Morgan fingerprint density at radius 3 is 2.31 bits per heavy atom. The lowest BCUT2D eigenvalue weighted by molar-refractivity contribution is 0.566. The lowest BCUT2D eigenvalue weighted by atomic mass is 10.0. The van der Waals surface area contributed by atoms with E-state index in [9.17, 15) is 8.78 Å². The second kappa shape index (κ2) is 4.69. The molecule has 2 nitrogen and oxygen atoms in total. The topological polar surface area (TPSA) is 38.0 Å². The lowest BCUT2D eigenvalue weighted by Gasteiger charge is -2.15. The van der Waals surface area contributed by atoms with Crippen molar-refractivity contribution in [3.8, 4) is 0 Å². The molecule has 0 aliphatic heterocycles. The van der Waals surface area contributed by atoms with Crippen molar-refractivity contribution in [2.75, 3.05) is 0 Å². The van der Waals surface area contributed by atoms with E-state index in [1.54, 1.807) is 0 Å². The average molecular weight is 240 g/mol. The molecule has 5 heteroatoms. The van der Waals surface area contributed by atoms with Gasteiger partial charge >= 0.3 is 0 Å². The number of hydrazine groups is 1. The molecular formula is C11H10F2N2S. The van der Waals surface area contributed by atoms with Gasteiger partial charge in [0.1, 0.15) is 11.6 Å². The van der Waals surface area contributed by atoms with Gasteiger partial charge in [0.25, 0.3) is 0 Å². The fourth-order valence-corrected chi connectivity index (χ4v) is 2.25. The van der Waals surface area contributed by atoms with Gasteiger partial charge in [-0.2, -0.15) is 11.3 Å². The minimum Gasteiger partial charge on any atom is -0.271 e. The molecule has 0 bridgehead atoms. The second-order valence-electron chi connectivity index (χ2n) is 3.36. The van der Waals surface area contributed by atoms with E-state index in [1.165, 1.54) is 23.5 Å². The summed E-state index contributed by atoms with van der Waals surface area (Å²) in [6, 6.07) is 4.84. The van der Waals surface area contributed by atoms with E-state index in [2.05, 4.69) is 5.43 Å². The number of nitrogens with one attached hydrogen (secondary N) is 1. The summed E-state index contributed by atoms with van der Waals surface area (Å²) in [6.45, 7) is 0. The van der Waals surface area contributed by atoms with Crippen LogP contribution in [-0.4, -0.2) is 0 Å². The van der Waals surface area contributed by atoms with Crippen LogP contribution in [-0.2, 0) is 0 Å². The molecule has 0 aliphatic carbocycles. The summed E-state index contributed by atoms with van der Waals surface area (Å²) in [6.07, 6.45) is 0. The summed E-state index contributed by atoms with van der Waals surface area (Å²) >= 11 is 1.50. The number of halogens is 2. The van der Waals surface area contributed by atoms with Gasteiger partial charge in [-0.05, 0) is 40.1 Å². The average Bonchev–Trinajstić information content (AvgIpc) is 2.70. The summed E-state index contributed by atoms with van der Waals surface area (Å²) < 4.78 is 26.1. The van der Waals surface area contributed by atoms with Crippen molar-refractivity contribution in [3.63, 3.8) is 0 Å². The Morgan fingerprint density at radius 1 is 1.12 bits per heavy atom. The van der Waals surface area contributed by atoms with Crippen molar-refractivity contribution in [2.45, 2.75) is 6.04 Å². The van der Waals surface area contributed by atoms with Gasteiger partial charge in [-0.1, -0.05) is 0 Å². The third-order valence-corrected chi connectivity index (χ3v) is 2.96. The number of benzene rings is 1. The maximum atomic E-state index is 13.1. The van der Waals surface area contributed by atoms with Gasteiger partial charge in [0, 0.05) is 6.07 Å². The smallest absolute Gasteiger partial charge is 0.126 e. The highest BCUT2D eigenvalue weighted by atomic mass is 32.1. The van der Waals surface area contributed by atoms with Crippen LogP contribution in [0.5, 0.6) is 0 Å². The molecule has 1 aromatic heterocycles. The highest BCUT2D eigenvalue weighted by Gasteiger charge is 2.14. The first kappa shape index (κ1) is 11.2. The van der Waals surface area contributed by atoms with Gasteiger partial charge < -0.3 is 0 Å². The van der Waals surface area contributed by atoms with Crippen LogP contribution in [0.4, 0.5) is 8.78 Å². The Labute approximate surface area is 95.7 Å². The van der Waals surface area contributed by atoms with Gasteiger partial charge in [-0.25, -0.2) is 14.2 Å². The molecule has 0 radical (unpaired) electrons. The third-order valence-electron chi connectivity index (χ3n) is 2.26. The summed E-state index contributed by atoms with van der Waals surface area (Å²) in [5, 5.41) is 3.77. The number of nitrogens with two attached hydrogens (primary N) is 1. The van der Waals surface area contributed by atoms with Crippen LogP contribution in [0.15, 0.2) is 35.0 Å². The molecule has 16 heavy (non-hydrogen) atoms.